The minimum atomic E-state index is -0.271. The van der Waals surface area contributed by atoms with Gasteiger partial charge in [0.25, 0.3) is 0 Å². The molecule has 0 spiro atoms. The van der Waals surface area contributed by atoms with Crippen LogP contribution in [0.1, 0.15) is 17.5 Å². The predicted octanol–water partition coefficient (Wildman–Crippen LogP) is 1.29. The number of urea groups is 1. The van der Waals surface area contributed by atoms with Crippen LogP contribution < -0.4 is 10.6 Å². The highest BCUT2D eigenvalue weighted by atomic mass is 16.3. The smallest absolute Gasteiger partial charge is 0.319 e. The molecule has 1 aromatic rings. The number of carbonyl (C=O) groups is 1. The second kappa shape index (κ2) is 4.99. The fourth-order valence-electron chi connectivity index (χ4n) is 1.99. The van der Waals surface area contributed by atoms with Crippen LogP contribution >= 0.6 is 0 Å². The molecule has 2 rings (SSSR count). The van der Waals surface area contributed by atoms with Crippen LogP contribution in [0.15, 0.2) is 18.2 Å². The largest absolute Gasteiger partial charge is 0.395 e. The van der Waals surface area contributed by atoms with Crippen LogP contribution in [0.3, 0.4) is 0 Å². The van der Waals surface area contributed by atoms with Gasteiger partial charge in [0.05, 0.1) is 6.61 Å². The lowest BCUT2D eigenvalue weighted by Gasteiger charge is -2.08. The molecule has 0 aliphatic heterocycles. The summed E-state index contributed by atoms with van der Waals surface area (Å²) in [6.07, 6.45) is 3.45. The van der Waals surface area contributed by atoms with E-state index in [0.717, 1.165) is 18.5 Å². The summed E-state index contributed by atoms with van der Waals surface area (Å²) >= 11 is 0. The van der Waals surface area contributed by atoms with Gasteiger partial charge in [0.15, 0.2) is 0 Å². The number of nitrogens with one attached hydrogen (secondary N) is 2. The van der Waals surface area contributed by atoms with E-state index in [-0.39, 0.29) is 19.2 Å². The lowest BCUT2D eigenvalue weighted by molar-refractivity contribution is 0.245. The minimum Gasteiger partial charge on any atom is -0.395 e. The fourth-order valence-corrected chi connectivity index (χ4v) is 1.99. The average molecular weight is 220 g/mol. The zero-order valence-electron chi connectivity index (χ0n) is 9.12. The molecular weight excluding hydrogens is 204 g/mol. The van der Waals surface area contributed by atoms with Crippen LogP contribution in [0.2, 0.25) is 0 Å². The minimum absolute atomic E-state index is 0.0440. The molecule has 0 saturated carbocycles. The third-order valence-corrected chi connectivity index (χ3v) is 2.75. The van der Waals surface area contributed by atoms with E-state index in [1.165, 1.54) is 17.5 Å². The molecule has 4 nitrogen and oxygen atoms in total. The summed E-state index contributed by atoms with van der Waals surface area (Å²) in [6.45, 7) is 0.231. The first-order valence-corrected chi connectivity index (χ1v) is 5.57. The van der Waals surface area contributed by atoms with Crippen LogP contribution in [-0.4, -0.2) is 24.3 Å². The van der Waals surface area contributed by atoms with Crippen LogP contribution in [0.4, 0.5) is 10.5 Å². The highest BCUT2D eigenvalue weighted by Crippen LogP contribution is 2.24. The molecule has 1 aliphatic rings. The Morgan fingerprint density at radius 3 is 2.94 bits per heavy atom. The number of aliphatic hydroxyl groups excluding tert-OH is 1. The maximum absolute atomic E-state index is 11.3. The molecule has 86 valence electrons. The molecule has 1 aromatic carbocycles. The summed E-state index contributed by atoms with van der Waals surface area (Å²) < 4.78 is 0. The molecule has 0 bridgehead atoms. The Bertz CT molecular complexity index is 391. The van der Waals surface area contributed by atoms with Crippen molar-refractivity contribution in [3.63, 3.8) is 0 Å². The number of anilines is 1. The van der Waals surface area contributed by atoms with Gasteiger partial charge < -0.3 is 15.7 Å². The molecule has 0 unspecified atom stereocenters. The molecule has 3 N–H and O–H groups in total. The molecule has 1 aliphatic carbocycles. The fraction of sp³-hybridized carbons (Fsp3) is 0.417. The third kappa shape index (κ3) is 2.52. The Labute approximate surface area is 94.7 Å². The first kappa shape index (κ1) is 11.0. The van der Waals surface area contributed by atoms with Crippen molar-refractivity contribution in [1.29, 1.82) is 0 Å². The van der Waals surface area contributed by atoms with E-state index < -0.39 is 0 Å². The van der Waals surface area contributed by atoms with Crippen molar-refractivity contribution >= 4 is 11.7 Å². The maximum Gasteiger partial charge on any atom is 0.319 e. The van der Waals surface area contributed by atoms with Gasteiger partial charge >= 0.3 is 6.03 Å². The van der Waals surface area contributed by atoms with E-state index in [9.17, 15) is 4.79 Å². The molecule has 0 fully saturated rings. The molecule has 16 heavy (non-hydrogen) atoms. The lowest BCUT2D eigenvalue weighted by atomic mass is 10.1. The Kier molecular flexibility index (Phi) is 3.41. The highest BCUT2D eigenvalue weighted by molar-refractivity contribution is 5.89. The van der Waals surface area contributed by atoms with E-state index in [0.29, 0.717) is 0 Å². The van der Waals surface area contributed by atoms with Gasteiger partial charge in [-0.2, -0.15) is 0 Å². The molecule has 0 atom stereocenters. The van der Waals surface area contributed by atoms with E-state index in [4.69, 9.17) is 5.11 Å². The Hall–Kier alpha value is -1.55. The number of hydrogen-bond donors (Lipinski definition) is 3. The number of rotatable bonds is 3. The second-order valence-electron chi connectivity index (χ2n) is 3.94. The second-order valence-corrected chi connectivity index (χ2v) is 3.94. The normalized spacial score (nSPS) is 13.3. The van der Waals surface area contributed by atoms with E-state index in [2.05, 4.69) is 16.7 Å². The van der Waals surface area contributed by atoms with Crippen LogP contribution in [0.25, 0.3) is 0 Å². The van der Waals surface area contributed by atoms with Crippen LogP contribution in [-0.2, 0) is 12.8 Å². The zero-order chi connectivity index (χ0) is 11.4. The molecule has 0 heterocycles. The van der Waals surface area contributed by atoms with E-state index in [1.54, 1.807) is 0 Å². The first-order valence-electron chi connectivity index (χ1n) is 5.57. The average Bonchev–Trinajstić information content (AvgIpc) is 2.73. The predicted molar refractivity (Wildman–Crippen MR) is 62.6 cm³/mol. The van der Waals surface area contributed by atoms with Gasteiger partial charge in [0, 0.05) is 12.2 Å². The SMILES string of the molecule is O=C(NCCO)Nc1ccc2c(c1)CCC2. The maximum atomic E-state index is 11.3. The molecule has 0 aromatic heterocycles. The summed E-state index contributed by atoms with van der Waals surface area (Å²) in [6, 6.07) is 5.75. The van der Waals surface area contributed by atoms with Gasteiger partial charge in [0.2, 0.25) is 0 Å². The number of amides is 2. The Morgan fingerprint density at radius 2 is 2.12 bits per heavy atom. The summed E-state index contributed by atoms with van der Waals surface area (Å²) in [5.41, 5.74) is 3.54. The standard InChI is InChI=1S/C12H16N2O2/c15-7-6-13-12(16)14-11-5-4-9-2-1-3-10(9)8-11/h4-5,8,15H,1-3,6-7H2,(H2,13,14,16). The number of fused-ring (bicyclic) bond motifs is 1. The summed E-state index contributed by atoms with van der Waals surface area (Å²) in [5, 5.41) is 13.9. The number of carbonyl (C=O) groups excluding carboxylic acids is 1. The van der Waals surface area contributed by atoms with Gasteiger partial charge in [-0.1, -0.05) is 6.07 Å². The van der Waals surface area contributed by atoms with Crippen molar-refractivity contribution < 1.29 is 9.90 Å². The summed E-state index contributed by atoms with van der Waals surface area (Å²) in [5.74, 6) is 0. The number of benzene rings is 1. The molecule has 0 radical (unpaired) electrons. The topological polar surface area (TPSA) is 61.4 Å². The van der Waals surface area contributed by atoms with Gasteiger partial charge in [-0.15, -0.1) is 0 Å². The number of hydrogen-bond acceptors (Lipinski definition) is 2. The van der Waals surface area contributed by atoms with Gasteiger partial charge in [-0.3, -0.25) is 0 Å². The van der Waals surface area contributed by atoms with E-state index >= 15 is 0 Å². The first-order chi connectivity index (χ1) is 7.79. The van der Waals surface area contributed by atoms with Crippen molar-refractivity contribution in [3.8, 4) is 0 Å². The molecule has 0 saturated heterocycles. The van der Waals surface area contributed by atoms with E-state index in [1.807, 2.05) is 12.1 Å². The summed E-state index contributed by atoms with van der Waals surface area (Å²) in [7, 11) is 0. The quantitative estimate of drug-likeness (QED) is 0.718. The van der Waals surface area contributed by atoms with Crippen LogP contribution in [0, 0.1) is 0 Å². The Balaban J connectivity index is 1.97. The van der Waals surface area contributed by atoms with Crippen LogP contribution in [0.5, 0.6) is 0 Å². The van der Waals surface area contributed by atoms with Gasteiger partial charge in [-0.25, -0.2) is 4.79 Å². The lowest BCUT2D eigenvalue weighted by Crippen LogP contribution is -2.30. The number of aryl methyl sites for hydroxylation is 2. The summed E-state index contributed by atoms with van der Waals surface area (Å²) in [4.78, 5) is 11.3. The van der Waals surface area contributed by atoms with Gasteiger partial charge in [-0.05, 0) is 42.5 Å². The number of aliphatic hydroxyl groups is 1. The molecule has 2 amide bonds. The molecular formula is C12H16N2O2. The Morgan fingerprint density at radius 1 is 1.31 bits per heavy atom. The molecule has 4 heteroatoms. The monoisotopic (exact) mass is 220 g/mol. The third-order valence-electron chi connectivity index (χ3n) is 2.75. The van der Waals surface area contributed by atoms with Crippen molar-refractivity contribution in [2.75, 3.05) is 18.5 Å². The van der Waals surface area contributed by atoms with Gasteiger partial charge in [0.1, 0.15) is 0 Å². The van der Waals surface area contributed by atoms with Crippen molar-refractivity contribution in [3.05, 3.63) is 29.3 Å². The van der Waals surface area contributed by atoms with Crippen molar-refractivity contribution in [2.24, 2.45) is 0 Å². The highest BCUT2D eigenvalue weighted by Gasteiger charge is 2.11. The zero-order valence-corrected chi connectivity index (χ0v) is 9.12. The van der Waals surface area contributed by atoms with Crippen molar-refractivity contribution in [1.82, 2.24) is 5.32 Å². The van der Waals surface area contributed by atoms with Crippen molar-refractivity contribution in [2.45, 2.75) is 19.3 Å².